The van der Waals surface area contributed by atoms with E-state index in [-0.39, 0.29) is 18.9 Å². The maximum absolute atomic E-state index is 13.3. The summed E-state index contributed by atoms with van der Waals surface area (Å²) in [6.45, 7) is 1.75. The Labute approximate surface area is 557 Å². The molecule has 3 aliphatic rings. The number of hydrogen-bond acceptors (Lipinski definition) is 18. The summed E-state index contributed by atoms with van der Waals surface area (Å²) in [5.74, 6) is -0.241. The van der Waals surface area contributed by atoms with E-state index in [1.807, 2.05) is 0 Å². The van der Waals surface area contributed by atoms with Crippen molar-refractivity contribution in [3.05, 3.63) is 0 Å². The van der Waals surface area contributed by atoms with Crippen LogP contribution in [0.4, 0.5) is 0 Å². The molecule has 3 rings (SSSR count). The molecule has 19 nitrogen and oxygen atoms in total. The first kappa shape index (κ1) is 85.0. The number of aliphatic hydroxyl groups is 11. The normalized spacial score (nSPS) is 27.6. The molecule has 3 heterocycles. The number of rotatable bonds is 61. The van der Waals surface area contributed by atoms with Gasteiger partial charge in [0.1, 0.15) is 73.2 Å². The zero-order valence-electron chi connectivity index (χ0n) is 58.1. The first-order chi connectivity index (χ1) is 44.8. The van der Waals surface area contributed by atoms with E-state index in [1.165, 1.54) is 238 Å². The second-order valence-corrected chi connectivity index (χ2v) is 27.8. The quantitative estimate of drug-likeness (QED) is 0.0252. The third-order valence-corrected chi connectivity index (χ3v) is 19.7. The van der Waals surface area contributed by atoms with E-state index >= 15 is 0 Å². The van der Waals surface area contributed by atoms with Crippen molar-refractivity contribution in [1.29, 1.82) is 0 Å². The molecule has 0 aromatic heterocycles. The van der Waals surface area contributed by atoms with Crippen molar-refractivity contribution in [2.75, 3.05) is 26.4 Å². The van der Waals surface area contributed by atoms with Gasteiger partial charge in [-0.25, -0.2) is 0 Å². The maximum atomic E-state index is 13.3. The summed E-state index contributed by atoms with van der Waals surface area (Å²) >= 11 is 0. The average molecular weight is 1320 g/mol. The zero-order chi connectivity index (χ0) is 66.8. The molecule has 12 N–H and O–H groups in total. The molecular formula is C73H141NO18. The van der Waals surface area contributed by atoms with Crippen molar-refractivity contribution in [2.24, 2.45) is 0 Å². The summed E-state index contributed by atoms with van der Waals surface area (Å²) in [5.41, 5.74) is 0. The van der Waals surface area contributed by atoms with Crippen LogP contribution < -0.4 is 5.32 Å². The summed E-state index contributed by atoms with van der Waals surface area (Å²) in [4.78, 5) is 13.3. The number of ether oxygens (including phenoxy) is 6. The van der Waals surface area contributed by atoms with Gasteiger partial charge in [-0.3, -0.25) is 4.79 Å². The highest BCUT2D eigenvalue weighted by atomic mass is 16.8. The molecule has 17 atom stereocenters. The van der Waals surface area contributed by atoms with Crippen LogP contribution in [0.25, 0.3) is 0 Å². The Bertz CT molecular complexity index is 1670. The zero-order valence-corrected chi connectivity index (χ0v) is 58.1. The van der Waals surface area contributed by atoms with E-state index in [1.54, 1.807) is 0 Å². The summed E-state index contributed by atoms with van der Waals surface area (Å²) in [7, 11) is 0. The molecule has 3 saturated heterocycles. The monoisotopic (exact) mass is 1320 g/mol. The van der Waals surface area contributed by atoms with Gasteiger partial charge in [0, 0.05) is 6.42 Å². The fourth-order valence-electron chi connectivity index (χ4n) is 13.5. The maximum Gasteiger partial charge on any atom is 0.220 e. The third kappa shape index (κ3) is 36.6. The van der Waals surface area contributed by atoms with E-state index in [0.717, 1.165) is 57.8 Å². The van der Waals surface area contributed by atoms with Gasteiger partial charge in [0.25, 0.3) is 0 Å². The van der Waals surface area contributed by atoms with Crippen LogP contribution in [0.1, 0.15) is 328 Å². The summed E-state index contributed by atoms with van der Waals surface area (Å²) in [6.07, 6.45) is 36.1. The summed E-state index contributed by atoms with van der Waals surface area (Å²) in [5, 5.41) is 120. The standard InChI is InChI=1S/C73H141NO18/c1-3-5-7-9-11-12-13-14-15-16-17-18-19-20-21-22-23-24-25-26-27-28-29-30-31-32-33-34-35-36-37-38-39-40-41-42-43-44-45-47-49-51-61(79)74-56(57(78)50-48-46-10-8-6-4-2)55-87-71-67(85)64(82)69(59(53-76)89-71)92-73-68(86)65(83)70(60(54-77)90-73)91-72-66(84)63(81)62(80)58(52-75)88-72/h56-60,62-73,75-78,80-86H,3-55H2,1-2H3,(H,74,79). The van der Waals surface area contributed by atoms with Gasteiger partial charge in [-0.05, 0) is 12.8 Å². The topological polar surface area (TPSA) is 307 Å². The molecule has 0 saturated carbocycles. The Morgan fingerprint density at radius 2 is 0.620 bits per heavy atom. The predicted molar refractivity (Wildman–Crippen MR) is 361 cm³/mol. The SMILES string of the molecule is CCCCCCCCCCCCCCCCCCCCCCCCCCCCCCCCCCCCCCCCCCCC(=O)NC(COC1OC(CO)C(OC2OC(CO)C(OC3OC(CO)C(O)C(O)C3O)C(O)C2O)C(O)C1O)C(O)CCCCCCCC. The van der Waals surface area contributed by atoms with E-state index in [0.29, 0.717) is 12.8 Å². The van der Waals surface area contributed by atoms with Gasteiger partial charge in [0.2, 0.25) is 5.91 Å². The van der Waals surface area contributed by atoms with E-state index in [9.17, 15) is 61.0 Å². The number of hydrogen-bond donors (Lipinski definition) is 12. The van der Waals surface area contributed by atoms with Crippen molar-refractivity contribution in [2.45, 2.75) is 433 Å². The largest absolute Gasteiger partial charge is 0.394 e. The minimum atomic E-state index is -1.97. The van der Waals surface area contributed by atoms with Crippen molar-refractivity contribution < 1.29 is 89.4 Å². The molecule has 17 unspecified atom stereocenters. The molecule has 0 aliphatic carbocycles. The fourth-order valence-corrected chi connectivity index (χ4v) is 13.5. The van der Waals surface area contributed by atoms with Crippen molar-refractivity contribution in [1.82, 2.24) is 5.32 Å². The Hall–Kier alpha value is -1.21. The Morgan fingerprint density at radius 1 is 0.348 bits per heavy atom. The van der Waals surface area contributed by atoms with Crippen LogP contribution in [0.3, 0.4) is 0 Å². The smallest absolute Gasteiger partial charge is 0.220 e. The summed E-state index contributed by atoms with van der Waals surface area (Å²) in [6, 6.07) is -0.879. The molecule has 0 bridgehead atoms. The molecular weight excluding hydrogens is 1180 g/mol. The Morgan fingerprint density at radius 3 is 0.946 bits per heavy atom. The van der Waals surface area contributed by atoms with E-state index in [4.69, 9.17) is 28.4 Å². The van der Waals surface area contributed by atoms with Crippen LogP contribution in [0.5, 0.6) is 0 Å². The molecule has 0 radical (unpaired) electrons. The molecule has 0 aromatic carbocycles. The van der Waals surface area contributed by atoms with Crippen LogP contribution in [0.2, 0.25) is 0 Å². The first-order valence-corrected chi connectivity index (χ1v) is 38.3. The van der Waals surface area contributed by atoms with Crippen LogP contribution in [0.15, 0.2) is 0 Å². The third-order valence-electron chi connectivity index (χ3n) is 19.7. The van der Waals surface area contributed by atoms with Gasteiger partial charge in [0.15, 0.2) is 18.9 Å². The van der Waals surface area contributed by atoms with Crippen LogP contribution in [-0.2, 0) is 33.2 Å². The number of aliphatic hydroxyl groups excluding tert-OH is 11. The van der Waals surface area contributed by atoms with Gasteiger partial charge in [-0.2, -0.15) is 0 Å². The molecule has 3 fully saturated rings. The summed E-state index contributed by atoms with van der Waals surface area (Å²) < 4.78 is 34.3. The number of unbranched alkanes of at least 4 members (excludes halogenated alkanes) is 45. The highest BCUT2D eigenvalue weighted by Gasteiger charge is 2.53. The molecule has 0 aromatic rings. The van der Waals surface area contributed by atoms with Crippen molar-refractivity contribution in [3.63, 3.8) is 0 Å². The Balaban J connectivity index is 1.19. The highest BCUT2D eigenvalue weighted by molar-refractivity contribution is 5.76. The molecule has 92 heavy (non-hydrogen) atoms. The van der Waals surface area contributed by atoms with Gasteiger partial charge >= 0.3 is 0 Å². The van der Waals surface area contributed by atoms with Crippen LogP contribution in [-0.4, -0.2) is 193 Å². The van der Waals surface area contributed by atoms with Crippen LogP contribution >= 0.6 is 0 Å². The lowest BCUT2D eigenvalue weighted by molar-refractivity contribution is -0.379. The van der Waals surface area contributed by atoms with Crippen molar-refractivity contribution >= 4 is 5.91 Å². The second-order valence-electron chi connectivity index (χ2n) is 27.8. The molecule has 0 spiro atoms. The first-order valence-electron chi connectivity index (χ1n) is 38.3. The van der Waals surface area contributed by atoms with Gasteiger partial charge in [0.05, 0.1) is 38.6 Å². The molecule has 3 aliphatic heterocycles. The lowest BCUT2D eigenvalue weighted by Gasteiger charge is -2.48. The van der Waals surface area contributed by atoms with Crippen molar-refractivity contribution in [3.8, 4) is 0 Å². The lowest BCUT2D eigenvalue weighted by atomic mass is 9.96. The van der Waals surface area contributed by atoms with Gasteiger partial charge in [-0.15, -0.1) is 0 Å². The minimum absolute atomic E-state index is 0.241. The molecule has 19 heteroatoms. The molecule has 546 valence electrons. The van der Waals surface area contributed by atoms with E-state index < -0.39 is 124 Å². The number of carbonyl (C=O) groups excluding carboxylic acids is 1. The number of carbonyl (C=O) groups is 1. The predicted octanol–water partition coefficient (Wildman–Crippen LogP) is 11.5. The second kappa shape index (κ2) is 55.6. The number of amides is 1. The minimum Gasteiger partial charge on any atom is -0.394 e. The fraction of sp³-hybridized carbons (Fsp3) is 0.986. The highest BCUT2D eigenvalue weighted by Crippen LogP contribution is 2.33. The number of nitrogens with one attached hydrogen (secondary N) is 1. The lowest BCUT2D eigenvalue weighted by Crippen LogP contribution is -2.66. The van der Waals surface area contributed by atoms with Gasteiger partial charge < -0.3 is 89.9 Å². The van der Waals surface area contributed by atoms with E-state index in [2.05, 4.69) is 19.2 Å². The molecule has 1 amide bonds. The van der Waals surface area contributed by atoms with Crippen LogP contribution in [0, 0.1) is 0 Å². The Kier molecular flexibility index (Phi) is 51.4. The van der Waals surface area contributed by atoms with Gasteiger partial charge in [-0.1, -0.05) is 309 Å². The average Bonchev–Trinajstić information content (AvgIpc) is 0.817.